The highest BCUT2D eigenvalue weighted by Gasteiger charge is 2.01. The molecule has 0 bridgehead atoms. The molecule has 0 unspecified atom stereocenters. The fourth-order valence-corrected chi connectivity index (χ4v) is 1.59. The minimum Gasteiger partial charge on any atom is -0.369 e. The number of halogens is 1. The third kappa shape index (κ3) is 3.46. The Balaban J connectivity index is 2.58. The standard InChI is InChI=1S/C10H14BrNO/c1-12(8-13-2)7-9-5-3-4-6-10(9)11/h3-6H,7-8H2,1-2H3. The van der Waals surface area contributed by atoms with Crippen molar-refractivity contribution in [3.63, 3.8) is 0 Å². The molecule has 0 aromatic heterocycles. The molecule has 0 atom stereocenters. The zero-order chi connectivity index (χ0) is 9.68. The summed E-state index contributed by atoms with van der Waals surface area (Å²) in [6, 6.07) is 8.22. The number of ether oxygens (including phenoxy) is 1. The van der Waals surface area contributed by atoms with E-state index in [-0.39, 0.29) is 0 Å². The van der Waals surface area contributed by atoms with Crippen LogP contribution in [0.15, 0.2) is 28.7 Å². The van der Waals surface area contributed by atoms with Gasteiger partial charge in [0.15, 0.2) is 0 Å². The summed E-state index contributed by atoms with van der Waals surface area (Å²) in [6.45, 7) is 1.55. The van der Waals surface area contributed by atoms with Crippen LogP contribution >= 0.6 is 15.9 Å². The molecular weight excluding hydrogens is 230 g/mol. The van der Waals surface area contributed by atoms with Crippen molar-refractivity contribution in [3.05, 3.63) is 34.3 Å². The fraction of sp³-hybridized carbons (Fsp3) is 0.400. The van der Waals surface area contributed by atoms with Crippen LogP contribution in [0, 0.1) is 0 Å². The topological polar surface area (TPSA) is 12.5 Å². The molecule has 0 saturated heterocycles. The largest absolute Gasteiger partial charge is 0.369 e. The number of rotatable bonds is 4. The molecule has 0 spiro atoms. The van der Waals surface area contributed by atoms with Crippen molar-refractivity contribution in [1.29, 1.82) is 0 Å². The number of nitrogens with zero attached hydrogens (tertiary/aromatic N) is 1. The molecule has 1 rings (SSSR count). The van der Waals surface area contributed by atoms with Gasteiger partial charge >= 0.3 is 0 Å². The smallest absolute Gasteiger partial charge is 0.0986 e. The second-order valence-electron chi connectivity index (χ2n) is 3.02. The normalized spacial score (nSPS) is 10.8. The summed E-state index contributed by atoms with van der Waals surface area (Å²) in [6.07, 6.45) is 0. The summed E-state index contributed by atoms with van der Waals surface area (Å²) in [7, 11) is 3.74. The molecule has 1 aromatic carbocycles. The lowest BCUT2D eigenvalue weighted by molar-refractivity contribution is 0.0770. The quantitative estimate of drug-likeness (QED) is 0.754. The molecule has 0 aliphatic carbocycles. The number of methoxy groups -OCH3 is 1. The van der Waals surface area contributed by atoms with E-state index in [1.54, 1.807) is 7.11 Å². The Bertz CT molecular complexity index is 265. The van der Waals surface area contributed by atoms with Crippen LogP contribution < -0.4 is 0 Å². The zero-order valence-electron chi connectivity index (χ0n) is 7.96. The van der Waals surface area contributed by atoms with E-state index in [1.165, 1.54) is 5.56 Å². The fourth-order valence-electron chi connectivity index (χ4n) is 1.18. The van der Waals surface area contributed by atoms with Gasteiger partial charge in [-0.2, -0.15) is 0 Å². The predicted molar refractivity (Wildman–Crippen MR) is 57.5 cm³/mol. The van der Waals surface area contributed by atoms with Crippen LogP contribution in [0.1, 0.15) is 5.56 Å². The monoisotopic (exact) mass is 243 g/mol. The lowest BCUT2D eigenvalue weighted by Crippen LogP contribution is -2.20. The van der Waals surface area contributed by atoms with Crippen LogP contribution in [0.5, 0.6) is 0 Å². The Morgan fingerprint density at radius 3 is 2.69 bits per heavy atom. The third-order valence-electron chi connectivity index (χ3n) is 1.75. The van der Waals surface area contributed by atoms with Crippen molar-refractivity contribution < 1.29 is 4.74 Å². The maximum Gasteiger partial charge on any atom is 0.0986 e. The molecule has 0 heterocycles. The van der Waals surface area contributed by atoms with E-state index in [9.17, 15) is 0 Å². The summed E-state index contributed by atoms with van der Waals surface area (Å²) in [5.41, 5.74) is 1.28. The summed E-state index contributed by atoms with van der Waals surface area (Å²) >= 11 is 3.51. The van der Waals surface area contributed by atoms with E-state index in [1.807, 2.05) is 19.2 Å². The third-order valence-corrected chi connectivity index (χ3v) is 2.52. The molecule has 0 aliphatic heterocycles. The average Bonchev–Trinajstić information content (AvgIpc) is 2.09. The van der Waals surface area contributed by atoms with Gasteiger partial charge in [-0.05, 0) is 18.7 Å². The van der Waals surface area contributed by atoms with Crippen LogP contribution in [0.2, 0.25) is 0 Å². The number of hydrogen-bond acceptors (Lipinski definition) is 2. The van der Waals surface area contributed by atoms with Gasteiger partial charge in [-0.3, -0.25) is 4.90 Å². The van der Waals surface area contributed by atoms with Crippen molar-refractivity contribution in [2.24, 2.45) is 0 Å². The van der Waals surface area contributed by atoms with Crippen molar-refractivity contribution in [2.75, 3.05) is 20.9 Å². The predicted octanol–water partition coefficient (Wildman–Crippen LogP) is 2.48. The molecule has 3 heteroatoms. The first-order valence-electron chi connectivity index (χ1n) is 4.15. The summed E-state index contributed by atoms with van der Waals surface area (Å²) in [5, 5.41) is 0. The van der Waals surface area contributed by atoms with E-state index in [4.69, 9.17) is 4.74 Å². The van der Waals surface area contributed by atoms with Crippen LogP contribution in [0.3, 0.4) is 0 Å². The van der Waals surface area contributed by atoms with Gasteiger partial charge in [-0.25, -0.2) is 0 Å². The molecule has 0 N–H and O–H groups in total. The minimum absolute atomic E-state index is 0.654. The van der Waals surface area contributed by atoms with E-state index in [0.29, 0.717) is 6.73 Å². The highest BCUT2D eigenvalue weighted by molar-refractivity contribution is 9.10. The second kappa shape index (κ2) is 5.37. The maximum atomic E-state index is 5.03. The van der Waals surface area contributed by atoms with Crippen LogP contribution in [0.4, 0.5) is 0 Å². The molecule has 13 heavy (non-hydrogen) atoms. The Labute approximate surface area is 87.6 Å². The molecule has 0 amide bonds. The summed E-state index contributed by atoms with van der Waals surface area (Å²) in [4.78, 5) is 2.11. The first-order chi connectivity index (χ1) is 6.24. The van der Waals surface area contributed by atoms with Crippen molar-refractivity contribution in [2.45, 2.75) is 6.54 Å². The second-order valence-corrected chi connectivity index (χ2v) is 3.88. The molecule has 0 aliphatic rings. The highest BCUT2D eigenvalue weighted by Crippen LogP contribution is 2.16. The minimum atomic E-state index is 0.654. The SMILES string of the molecule is COCN(C)Cc1ccccc1Br. The molecule has 1 aromatic rings. The highest BCUT2D eigenvalue weighted by atomic mass is 79.9. The molecule has 0 radical (unpaired) electrons. The summed E-state index contributed by atoms with van der Waals surface area (Å²) < 4.78 is 6.18. The zero-order valence-corrected chi connectivity index (χ0v) is 9.54. The van der Waals surface area contributed by atoms with Gasteiger partial charge in [-0.1, -0.05) is 34.1 Å². The summed E-state index contributed by atoms with van der Waals surface area (Å²) in [5.74, 6) is 0. The maximum absolute atomic E-state index is 5.03. The first-order valence-corrected chi connectivity index (χ1v) is 4.94. The Hall–Kier alpha value is -0.380. The van der Waals surface area contributed by atoms with Crippen molar-refractivity contribution in [1.82, 2.24) is 4.90 Å². The van der Waals surface area contributed by atoms with E-state index in [2.05, 4.69) is 33.0 Å². The Morgan fingerprint density at radius 2 is 2.08 bits per heavy atom. The van der Waals surface area contributed by atoms with E-state index in [0.717, 1.165) is 11.0 Å². The first kappa shape index (κ1) is 10.7. The lowest BCUT2D eigenvalue weighted by Gasteiger charge is -2.15. The Morgan fingerprint density at radius 1 is 1.38 bits per heavy atom. The van der Waals surface area contributed by atoms with Gasteiger partial charge in [0.05, 0.1) is 6.73 Å². The van der Waals surface area contributed by atoms with Gasteiger partial charge in [0, 0.05) is 18.1 Å². The van der Waals surface area contributed by atoms with E-state index < -0.39 is 0 Å². The molecule has 0 fully saturated rings. The molecular formula is C10H14BrNO. The molecule has 0 saturated carbocycles. The Kier molecular flexibility index (Phi) is 4.42. The molecule has 72 valence electrons. The van der Waals surface area contributed by atoms with E-state index >= 15 is 0 Å². The van der Waals surface area contributed by atoms with Gasteiger partial charge in [0.1, 0.15) is 0 Å². The van der Waals surface area contributed by atoms with Gasteiger partial charge in [-0.15, -0.1) is 0 Å². The molecule has 2 nitrogen and oxygen atoms in total. The number of benzene rings is 1. The van der Waals surface area contributed by atoms with Crippen LogP contribution in [0.25, 0.3) is 0 Å². The van der Waals surface area contributed by atoms with Crippen molar-refractivity contribution in [3.8, 4) is 0 Å². The van der Waals surface area contributed by atoms with Gasteiger partial charge < -0.3 is 4.74 Å². The van der Waals surface area contributed by atoms with Crippen molar-refractivity contribution >= 4 is 15.9 Å². The van der Waals surface area contributed by atoms with Crippen LogP contribution in [-0.4, -0.2) is 25.8 Å². The average molecular weight is 244 g/mol. The lowest BCUT2D eigenvalue weighted by atomic mass is 10.2. The van der Waals surface area contributed by atoms with Crippen LogP contribution in [-0.2, 0) is 11.3 Å². The number of hydrogen-bond donors (Lipinski definition) is 0. The van der Waals surface area contributed by atoms with Gasteiger partial charge in [0.25, 0.3) is 0 Å². The van der Waals surface area contributed by atoms with Gasteiger partial charge in [0.2, 0.25) is 0 Å².